The Morgan fingerprint density at radius 3 is 2.61 bits per heavy atom. The first-order valence-electron chi connectivity index (χ1n) is 6.35. The monoisotopic (exact) mass is 242 g/mol. The van der Waals surface area contributed by atoms with Gasteiger partial charge in [0.15, 0.2) is 0 Å². The maximum atomic E-state index is 4.05. The molecule has 2 N–H and O–H groups in total. The molecule has 0 amide bonds. The van der Waals surface area contributed by atoms with E-state index in [9.17, 15) is 0 Å². The lowest BCUT2D eigenvalue weighted by molar-refractivity contribution is 0.781. The highest BCUT2D eigenvalue weighted by atomic mass is 14.9. The molecule has 18 heavy (non-hydrogen) atoms. The average molecular weight is 242 g/mol. The molecule has 2 heteroatoms. The van der Waals surface area contributed by atoms with Crippen LogP contribution in [0.3, 0.4) is 0 Å². The summed E-state index contributed by atoms with van der Waals surface area (Å²) in [6.45, 7) is 9.14. The van der Waals surface area contributed by atoms with E-state index in [1.165, 1.54) is 0 Å². The summed E-state index contributed by atoms with van der Waals surface area (Å²) in [5.74, 6) is 0. The highest BCUT2D eigenvalue weighted by molar-refractivity contribution is 5.49. The standard InChI is InChI=1S/C16H22N2/c1-4-9-15(14(3)17-12-5-2)13-18-16-10-7-6-8-11-16/h4,6-11,13,17-18H,3,5,12H2,1-2H3/b9-4+,15-13+. The van der Waals surface area contributed by atoms with E-state index in [4.69, 9.17) is 0 Å². The number of benzene rings is 1. The van der Waals surface area contributed by atoms with Crippen molar-refractivity contribution in [2.45, 2.75) is 20.3 Å². The SMILES string of the molecule is C=C(NCCC)C(/C=C/C)=C/Nc1ccccc1. The van der Waals surface area contributed by atoms with Crippen LogP contribution in [0, 0.1) is 0 Å². The minimum Gasteiger partial charge on any atom is -0.385 e. The molecule has 2 nitrogen and oxygen atoms in total. The van der Waals surface area contributed by atoms with Gasteiger partial charge in [0, 0.05) is 29.7 Å². The Hall–Kier alpha value is -1.96. The first-order chi connectivity index (χ1) is 8.77. The van der Waals surface area contributed by atoms with Crippen LogP contribution in [0.4, 0.5) is 5.69 Å². The van der Waals surface area contributed by atoms with Crippen molar-refractivity contribution in [1.29, 1.82) is 0 Å². The van der Waals surface area contributed by atoms with Crippen LogP contribution in [0.5, 0.6) is 0 Å². The fourth-order valence-corrected chi connectivity index (χ4v) is 1.49. The molecule has 0 unspecified atom stereocenters. The molecular weight excluding hydrogens is 220 g/mol. The van der Waals surface area contributed by atoms with Gasteiger partial charge in [0.05, 0.1) is 0 Å². The quantitative estimate of drug-likeness (QED) is 0.704. The van der Waals surface area contributed by atoms with Gasteiger partial charge in [0.2, 0.25) is 0 Å². The molecular formula is C16H22N2. The minimum absolute atomic E-state index is 0.943. The second-order valence-corrected chi connectivity index (χ2v) is 4.02. The van der Waals surface area contributed by atoms with E-state index in [1.807, 2.05) is 55.6 Å². The van der Waals surface area contributed by atoms with Crippen LogP contribution in [0.15, 0.2) is 66.5 Å². The first-order valence-corrected chi connectivity index (χ1v) is 6.35. The van der Waals surface area contributed by atoms with Crippen molar-refractivity contribution in [3.8, 4) is 0 Å². The van der Waals surface area contributed by atoms with E-state index in [-0.39, 0.29) is 0 Å². The van der Waals surface area contributed by atoms with Crippen molar-refractivity contribution in [1.82, 2.24) is 5.32 Å². The summed E-state index contributed by atoms with van der Waals surface area (Å²) in [6.07, 6.45) is 7.12. The fourth-order valence-electron chi connectivity index (χ4n) is 1.49. The molecule has 0 saturated carbocycles. The molecule has 0 saturated heterocycles. The van der Waals surface area contributed by atoms with Gasteiger partial charge in [-0.1, -0.05) is 43.9 Å². The van der Waals surface area contributed by atoms with E-state index >= 15 is 0 Å². The summed E-state index contributed by atoms with van der Waals surface area (Å²) in [4.78, 5) is 0. The van der Waals surface area contributed by atoms with Gasteiger partial charge in [-0.3, -0.25) is 0 Å². The third kappa shape index (κ3) is 4.91. The molecule has 0 aliphatic heterocycles. The largest absolute Gasteiger partial charge is 0.385 e. The first kappa shape index (κ1) is 14.1. The molecule has 1 aromatic carbocycles. The average Bonchev–Trinajstić information content (AvgIpc) is 2.42. The Kier molecular flexibility index (Phi) is 6.41. The van der Waals surface area contributed by atoms with E-state index in [2.05, 4.69) is 24.1 Å². The Balaban J connectivity index is 2.69. The van der Waals surface area contributed by atoms with E-state index in [0.717, 1.165) is 29.9 Å². The van der Waals surface area contributed by atoms with Crippen molar-refractivity contribution in [2.24, 2.45) is 0 Å². The summed E-state index contributed by atoms with van der Waals surface area (Å²) in [6, 6.07) is 10.1. The van der Waals surface area contributed by atoms with E-state index in [0.29, 0.717) is 0 Å². The lowest BCUT2D eigenvalue weighted by Crippen LogP contribution is -2.14. The zero-order valence-electron chi connectivity index (χ0n) is 11.2. The smallest absolute Gasteiger partial charge is 0.0379 e. The Morgan fingerprint density at radius 1 is 1.28 bits per heavy atom. The van der Waals surface area contributed by atoms with Crippen LogP contribution in [0.2, 0.25) is 0 Å². The number of rotatable bonds is 7. The topological polar surface area (TPSA) is 24.1 Å². The Labute approximate surface area is 110 Å². The number of nitrogens with one attached hydrogen (secondary N) is 2. The molecule has 0 heterocycles. The van der Waals surface area contributed by atoms with Crippen LogP contribution in [0.1, 0.15) is 20.3 Å². The van der Waals surface area contributed by atoms with Crippen molar-refractivity contribution in [3.05, 3.63) is 66.5 Å². The Morgan fingerprint density at radius 2 is 2.00 bits per heavy atom. The molecule has 0 aliphatic carbocycles. The van der Waals surface area contributed by atoms with Crippen LogP contribution >= 0.6 is 0 Å². The predicted molar refractivity (Wildman–Crippen MR) is 80.4 cm³/mol. The van der Waals surface area contributed by atoms with Gasteiger partial charge in [-0.25, -0.2) is 0 Å². The number of para-hydroxylation sites is 1. The highest BCUT2D eigenvalue weighted by Gasteiger charge is 1.97. The molecule has 0 aromatic heterocycles. The lowest BCUT2D eigenvalue weighted by atomic mass is 10.2. The van der Waals surface area contributed by atoms with Crippen LogP contribution < -0.4 is 10.6 Å². The van der Waals surface area contributed by atoms with Gasteiger partial charge < -0.3 is 10.6 Å². The summed E-state index contributed by atoms with van der Waals surface area (Å²) in [7, 11) is 0. The summed E-state index contributed by atoms with van der Waals surface area (Å²) >= 11 is 0. The van der Waals surface area contributed by atoms with Crippen LogP contribution in [0.25, 0.3) is 0 Å². The summed E-state index contributed by atoms with van der Waals surface area (Å²) < 4.78 is 0. The van der Waals surface area contributed by atoms with Gasteiger partial charge in [0.25, 0.3) is 0 Å². The molecule has 1 aromatic rings. The molecule has 0 aliphatic rings. The lowest BCUT2D eigenvalue weighted by Gasteiger charge is -2.10. The molecule has 0 fully saturated rings. The van der Waals surface area contributed by atoms with Crippen LogP contribution in [-0.4, -0.2) is 6.54 Å². The fraction of sp³-hybridized carbons (Fsp3) is 0.250. The Bertz CT molecular complexity index is 416. The zero-order valence-corrected chi connectivity index (χ0v) is 11.2. The maximum absolute atomic E-state index is 4.05. The van der Waals surface area contributed by atoms with Gasteiger partial charge in [-0.05, 0) is 25.5 Å². The van der Waals surface area contributed by atoms with Gasteiger partial charge >= 0.3 is 0 Å². The third-order valence-corrected chi connectivity index (χ3v) is 2.45. The molecule has 96 valence electrons. The van der Waals surface area contributed by atoms with Crippen molar-refractivity contribution < 1.29 is 0 Å². The highest BCUT2D eigenvalue weighted by Crippen LogP contribution is 2.10. The van der Waals surface area contributed by atoms with E-state index in [1.54, 1.807) is 0 Å². The maximum Gasteiger partial charge on any atom is 0.0379 e. The van der Waals surface area contributed by atoms with Crippen molar-refractivity contribution >= 4 is 5.69 Å². The number of hydrogen-bond acceptors (Lipinski definition) is 2. The molecule has 0 radical (unpaired) electrons. The molecule has 0 atom stereocenters. The van der Waals surface area contributed by atoms with Crippen molar-refractivity contribution in [2.75, 3.05) is 11.9 Å². The second-order valence-electron chi connectivity index (χ2n) is 4.02. The van der Waals surface area contributed by atoms with Crippen molar-refractivity contribution in [3.63, 3.8) is 0 Å². The predicted octanol–water partition coefficient (Wildman–Crippen LogP) is 4.07. The van der Waals surface area contributed by atoms with Crippen LogP contribution in [-0.2, 0) is 0 Å². The van der Waals surface area contributed by atoms with Gasteiger partial charge in [-0.2, -0.15) is 0 Å². The third-order valence-electron chi connectivity index (χ3n) is 2.45. The van der Waals surface area contributed by atoms with Gasteiger partial charge in [0.1, 0.15) is 0 Å². The van der Waals surface area contributed by atoms with E-state index < -0.39 is 0 Å². The molecule has 0 bridgehead atoms. The number of allylic oxidation sites excluding steroid dienone is 2. The summed E-state index contributed by atoms with van der Waals surface area (Å²) in [5.41, 5.74) is 3.08. The minimum atomic E-state index is 0.943. The number of anilines is 1. The zero-order chi connectivity index (χ0) is 13.2. The summed E-state index contributed by atoms with van der Waals surface area (Å²) in [5, 5.41) is 6.57. The van der Waals surface area contributed by atoms with Gasteiger partial charge in [-0.15, -0.1) is 0 Å². The molecule has 0 spiro atoms. The second kappa shape index (κ2) is 8.18. The molecule has 1 rings (SSSR count). The number of hydrogen-bond donors (Lipinski definition) is 2. The normalized spacial score (nSPS) is 11.6.